The van der Waals surface area contributed by atoms with Gasteiger partial charge in [0.05, 0.1) is 39.9 Å². The molecule has 3 N–H and O–H groups in total. The van der Waals surface area contributed by atoms with E-state index in [0.717, 1.165) is 44.9 Å². The Balaban J connectivity index is 3.89. The number of hydrogen-bond donors (Lipinski definition) is 3. The van der Waals surface area contributed by atoms with Gasteiger partial charge in [0, 0.05) is 6.42 Å². The molecule has 1 amide bonds. The van der Waals surface area contributed by atoms with Gasteiger partial charge in [0.25, 0.3) is 0 Å². The van der Waals surface area contributed by atoms with Crippen molar-refractivity contribution >= 4 is 13.7 Å². The van der Waals surface area contributed by atoms with Gasteiger partial charge in [-0.3, -0.25) is 13.8 Å². The fourth-order valence-electron chi connectivity index (χ4n) is 10.3. The number of unbranched alkanes of at least 4 members (excludes halogenated alkanes) is 46. The summed E-state index contributed by atoms with van der Waals surface area (Å²) in [6.07, 6.45) is 78.7. The number of rotatable bonds is 63. The zero-order valence-corrected chi connectivity index (χ0v) is 53.1. The third-order valence-corrected chi connectivity index (χ3v) is 16.6. The Morgan fingerprint density at radius 3 is 1.06 bits per heavy atom. The van der Waals surface area contributed by atoms with Crippen molar-refractivity contribution in [3.63, 3.8) is 0 Å². The summed E-state index contributed by atoms with van der Waals surface area (Å²) in [5.74, 6) is -0.170. The van der Waals surface area contributed by atoms with Gasteiger partial charge in [-0.15, -0.1) is 0 Å². The summed E-state index contributed by atoms with van der Waals surface area (Å²) in [5.41, 5.74) is 0. The van der Waals surface area contributed by atoms with Gasteiger partial charge < -0.3 is 19.8 Å². The number of allylic oxidation sites excluding steroid dienone is 5. The van der Waals surface area contributed by atoms with Crippen LogP contribution in [0.5, 0.6) is 0 Å². The van der Waals surface area contributed by atoms with Crippen molar-refractivity contribution < 1.29 is 32.9 Å². The van der Waals surface area contributed by atoms with Crippen LogP contribution in [0.3, 0.4) is 0 Å². The first kappa shape index (κ1) is 75.7. The number of likely N-dealkylation sites (N-methyl/N-ethyl adjacent to an activating group) is 1. The number of carbonyl (C=O) groups is 1. The maximum absolute atomic E-state index is 13.0. The number of nitrogens with one attached hydrogen (secondary N) is 1. The van der Waals surface area contributed by atoms with Crippen LogP contribution in [0, 0.1) is 0 Å². The first-order chi connectivity index (χ1) is 37.5. The first-order valence-corrected chi connectivity index (χ1v) is 35.4. The minimum atomic E-state index is -4.35. The Bertz CT molecular complexity index is 1350. The van der Waals surface area contributed by atoms with Gasteiger partial charge in [-0.05, 0) is 51.4 Å². The molecule has 0 aliphatic carbocycles. The second kappa shape index (κ2) is 59.3. The van der Waals surface area contributed by atoms with Gasteiger partial charge >= 0.3 is 7.82 Å². The fraction of sp³-hybridized carbons (Fsp3) is 0.897. The van der Waals surface area contributed by atoms with Crippen LogP contribution in [0.15, 0.2) is 36.5 Å². The zero-order valence-electron chi connectivity index (χ0n) is 52.2. The zero-order chi connectivity index (χ0) is 56.3. The summed E-state index contributed by atoms with van der Waals surface area (Å²) in [6, 6.07) is -0.844. The predicted molar refractivity (Wildman–Crippen MR) is 337 cm³/mol. The molecule has 9 heteroatoms. The first-order valence-electron chi connectivity index (χ1n) is 33.9. The normalized spacial score (nSPS) is 13.9. The highest BCUT2D eigenvalue weighted by atomic mass is 31.2. The van der Waals surface area contributed by atoms with E-state index in [2.05, 4.69) is 43.5 Å². The molecular weight excluding hydrogens is 972 g/mol. The molecular formula is C68H134N2O6P+. The number of aliphatic hydroxyl groups excluding tert-OH is 1. The second-order valence-electron chi connectivity index (χ2n) is 24.6. The monoisotopic (exact) mass is 1110 g/mol. The van der Waals surface area contributed by atoms with E-state index in [1.807, 2.05) is 27.2 Å². The van der Waals surface area contributed by atoms with E-state index in [-0.39, 0.29) is 19.1 Å². The molecule has 456 valence electrons. The van der Waals surface area contributed by atoms with Crippen LogP contribution in [0.4, 0.5) is 0 Å². The Hall–Kier alpha value is -1.28. The minimum absolute atomic E-state index is 0.0640. The fourth-order valence-corrected chi connectivity index (χ4v) is 11.0. The summed E-state index contributed by atoms with van der Waals surface area (Å²) in [5, 5.41) is 14.0. The Labute approximate surface area is 480 Å². The van der Waals surface area contributed by atoms with Crippen molar-refractivity contribution in [1.29, 1.82) is 0 Å². The van der Waals surface area contributed by atoms with E-state index in [9.17, 15) is 19.4 Å². The van der Waals surface area contributed by atoms with Crippen LogP contribution < -0.4 is 5.32 Å². The maximum Gasteiger partial charge on any atom is 0.472 e. The molecule has 0 saturated heterocycles. The lowest BCUT2D eigenvalue weighted by molar-refractivity contribution is -0.870. The summed E-state index contributed by atoms with van der Waals surface area (Å²) < 4.78 is 23.8. The van der Waals surface area contributed by atoms with Crippen molar-refractivity contribution in [2.24, 2.45) is 0 Å². The largest absolute Gasteiger partial charge is 0.472 e. The highest BCUT2D eigenvalue weighted by Gasteiger charge is 2.28. The Morgan fingerprint density at radius 2 is 0.740 bits per heavy atom. The number of quaternary nitrogens is 1. The molecule has 77 heavy (non-hydrogen) atoms. The molecule has 0 aliphatic rings. The molecule has 0 rings (SSSR count). The van der Waals surface area contributed by atoms with Gasteiger partial charge in [0.15, 0.2) is 0 Å². The highest BCUT2D eigenvalue weighted by molar-refractivity contribution is 7.47. The van der Waals surface area contributed by atoms with Crippen molar-refractivity contribution in [3.05, 3.63) is 36.5 Å². The molecule has 0 radical (unpaired) electrons. The van der Waals surface area contributed by atoms with E-state index in [4.69, 9.17) is 9.05 Å². The van der Waals surface area contributed by atoms with Crippen LogP contribution >= 0.6 is 7.82 Å². The molecule has 0 bridgehead atoms. The van der Waals surface area contributed by atoms with Crippen molar-refractivity contribution in [1.82, 2.24) is 5.32 Å². The molecule has 0 aromatic carbocycles. The molecule has 0 aromatic heterocycles. The van der Waals surface area contributed by atoms with E-state index < -0.39 is 20.0 Å². The van der Waals surface area contributed by atoms with Gasteiger partial charge in [-0.25, -0.2) is 4.57 Å². The van der Waals surface area contributed by atoms with Crippen LogP contribution in [-0.2, 0) is 18.4 Å². The minimum Gasteiger partial charge on any atom is -0.387 e. The molecule has 0 saturated carbocycles. The Kier molecular flexibility index (Phi) is 58.4. The molecule has 3 atom stereocenters. The molecule has 0 aliphatic heterocycles. The van der Waals surface area contributed by atoms with Gasteiger partial charge in [-0.1, -0.05) is 320 Å². The number of nitrogens with zero attached hydrogens (tertiary/aromatic N) is 1. The van der Waals surface area contributed by atoms with Crippen LogP contribution in [-0.4, -0.2) is 73.4 Å². The quantitative estimate of drug-likeness (QED) is 0.0243. The standard InChI is InChI=1S/C68H133N2O6P/c1-6-8-10-12-14-16-18-20-22-24-25-26-27-28-29-30-31-32-33-34-35-36-37-38-39-40-41-42-43-44-45-46-48-50-52-54-56-58-60-62-68(72)69-66(65-76-77(73,74)75-64-63-70(3,4)5)67(71)61-59-57-55-53-51-49-47-23-21-19-17-15-13-11-9-7-2/h18,20,24-25,59,61,66-67,71H,6-17,19,21-23,26-58,60,62-65H2,1-5H3,(H-,69,72,73,74)/p+1/b20-18-,25-24-,61-59+. The van der Waals surface area contributed by atoms with Gasteiger partial charge in [0.2, 0.25) is 5.91 Å². The lowest BCUT2D eigenvalue weighted by Crippen LogP contribution is -2.45. The number of phosphoric acid groups is 1. The molecule has 0 fully saturated rings. The topological polar surface area (TPSA) is 105 Å². The average Bonchev–Trinajstić information content (AvgIpc) is 3.39. The van der Waals surface area contributed by atoms with E-state index in [0.29, 0.717) is 17.4 Å². The van der Waals surface area contributed by atoms with Crippen LogP contribution in [0.25, 0.3) is 0 Å². The lowest BCUT2D eigenvalue weighted by atomic mass is 10.0. The van der Waals surface area contributed by atoms with E-state index >= 15 is 0 Å². The second-order valence-corrected chi connectivity index (χ2v) is 26.0. The van der Waals surface area contributed by atoms with Crippen molar-refractivity contribution in [3.8, 4) is 0 Å². The third-order valence-electron chi connectivity index (χ3n) is 15.6. The molecule has 0 spiro atoms. The van der Waals surface area contributed by atoms with Crippen molar-refractivity contribution in [2.45, 2.75) is 353 Å². The maximum atomic E-state index is 13.0. The molecule has 0 heterocycles. The number of carbonyl (C=O) groups excluding carboxylic acids is 1. The van der Waals surface area contributed by atoms with Gasteiger partial charge in [-0.2, -0.15) is 0 Å². The smallest absolute Gasteiger partial charge is 0.387 e. The summed E-state index contributed by atoms with van der Waals surface area (Å²) in [6.45, 7) is 4.85. The van der Waals surface area contributed by atoms with Gasteiger partial charge in [0.1, 0.15) is 13.2 Å². The SMILES string of the molecule is CCCCCCC/C=C\C/C=C\CCCCCCCCCCCCCCCCCCCCCCCCCCCCCC(=O)NC(COP(=O)(O)OCC[N+](C)(C)C)C(O)/C=C/CCCCCCCCCCCCCCCC. The molecule has 0 aromatic rings. The third kappa shape index (κ3) is 62.2. The van der Waals surface area contributed by atoms with E-state index in [1.165, 1.54) is 276 Å². The number of phosphoric ester groups is 1. The number of amides is 1. The van der Waals surface area contributed by atoms with Crippen LogP contribution in [0.2, 0.25) is 0 Å². The summed E-state index contributed by atoms with van der Waals surface area (Å²) in [7, 11) is 1.59. The predicted octanol–water partition coefficient (Wildman–Crippen LogP) is 21.3. The Morgan fingerprint density at radius 1 is 0.442 bits per heavy atom. The molecule has 3 unspecified atom stereocenters. The summed E-state index contributed by atoms with van der Waals surface area (Å²) >= 11 is 0. The highest BCUT2D eigenvalue weighted by Crippen LogP contribution is 2.43. The lowest BCUT2D eigenvalue weighted by Gasteiger charge is -2.25. The number of hydrogen-bond acceptors (Lipinski definition) is 5. The summed E-state index contributed by atoms with van der Waals surface area (Å²) in [4.78, 5) is 23.3. The molecule has 8 nitrogen and oxygen atoms in total. The van der Waals surface area contributed by atoms with Crippen LogP contribution in [0.1, 0.15) is 341 Å². The van der Waals surface area contributed by atoms with Crippen molar-refractivity contribution in [2.75, 3.05) is 40.9 Å². The average molecular weight is 1110 g/mol. The van der Waals surface area contributed by atoms with E-state index in [1.54, 1.807) is 6.08 Å². The number of aliphatic hydroxyl groups is 1.